The van der Waals surface area contributed by atoms with Crippen LogP contribution in [-0.2, 0) is 4.57 Å². The smallest absolute Gasteiger partial charge is 0.0970 e. The summed E-state index contributed by atoms with van der Waals surface area (Å²) in [6.07, 6.45) is 2.02. The van der Waals surface area contributed by atoms with Crippen molar-refractivity contribution >= 4 is 7.82 Å². The highest BCUT2D eigenvalue weighted by Gasteiger charge is 2.17. The van der Waals surface area contributed by atoms with Crippen molar-refractivity contribution in [3.8, 4) is 0 Å². The molecule has 15 heavy (non-hydrogen) atoms. The van der Waals surface area contributed by atoms with Crippen molar-refractivity contribution in [2.45, 2.75) is 20.8 Å². The van der Waals surface area contributed by atoms with Gasteiger partial charge in [-0.05, 0) is 26.8 Å². The van der Waals surface area contributed by atoms with Crippen LogP contribution in [0.3, 0.4) is 0 Å². The molecule has 0 saturated heterocycles. The van der Waals surface area contributed by atoms with Gasteiger partial charge in [0.05, 0.1) is 26.2 Å². The summed E-state index contributed by atoms with van der Waals surface area (Å²) in [5.41, 5.74) is 0. The Balaban J connectivity index is 0. The summed E-state index contributed by atoms with van der Waals surface area (Å²) in [5, 5.41) is 0. The van der Waals surface area contributed by atoms with E-state index in [1.165, 1.54) is 24.1 Å². The Morgan fingerprint density at radius 3 is 1.47 bits per heavy atom. The van der Waals surface area contributed by atoms with Gasteiger partial charge in [0.25, 0.3) is 0 Å². The predicted octanol–water partition coefficient (Wildman–Crippen LogP) is -0.776. The lowest BCUT2D eigenvalue weighted by molar-refractivity contribution is -0.917. The summed E-state index contributed by atoms with van der Waals surface area (Å²) in [6.45, 7) is 15.3. The van der Waals surface area contributed by atoms with Crippen molar-refractivity contribution < 1.29 is 23.7 Å². The third-order valence-electron chi connectivity index (χ3n) is 2.53. The number of hydrogen-bond acceptors (Lipinski definition) is 4. The van der Waals surface area contributed by atoms with Crippen molar-refractivity contribution in [2.75, 3.05) is 26.2 Å². The zero-order chi connectivity index (χ0) is 12.5. The topological polar surface area (TPSA) is 86.2 Å². The molecule has 0 aliphatic heterocycles. The average molecular weight is 237 g/mol. The molecule has 0 bridgehead atoms. The van der Waals surface area contributed by atoms with Crippen LogP contribution >= 0.6 is 7.82 Å². The van der Waals surface area contributed by atoms with Crippen LogP contribution in [0.4, 0.5) is 0 Å². The minimum Gasteiger partial charge on any atom is -0.822 e. The molecule has 0 heterocycles. The van der Waals surface area contributed by atoms with E-state index in [1.807, 2.05) is 6.08 Å². The fraction of sp³-hybridized carbons (Fsp3) is 0.778. The molecular weight excluding hydrogens is 217 g/mol. The van der Waals surface area contributed by atoms with Gasteiger partial charge in [0.2, 0.25) is 0 Å². The number of quaternary nitrogens is 1. The molecule has 0 spiro atoms. The first-order valence-electron chi connectivity index (χ1n) is 4.93. The van der Waals surface area contributed by atoms with Crippen molar-refractivity contribution in [1.82, 2.24) is 0 Å². The zero-order valence-corrected chi connectivity index (χ0v) is 10.5. The van der Waals surface area contributed by atoms with Crippen LogP contribution in [-0.4, -0.2) is 30.7 Å². The molecule has 0 radical (unpaired) electrons. The highest BCUT2D eigenvalue weighted by Crippen LogP contribution is 2.04. The Morgan fingerprint density at radius 2 is 1.40 bits per heavy atom. The van der Waals surface area contributed by atoms with E-state index in [9.17, 15) is 0 Å². The summed E-state index contributed by atoms with van der Waals surface area (Å²) in [4.78, 5) is 25.6. The Morgan fingerprint density at radius 1 is 1.13 bits per heavy atom. The molecule has 0 unspecified atom stereocenters. The van der Waals surface area contributed by atoms with Crippen LogP contribution < -0.4 is 14.7 Å². The van der Waals surface area contributed by atoms with E-state index in [2.05, 4.69) is 27.4 Å². The molecule has 0 aromatic carbocycles. The fourth-order valence-electron chi connectivity index (χ4n) is 1.33. The third kappa shape index (κ3) is 11.7. The first kappa shape index (κ1) is 17.2. The van der Waals surface area contributed by atoms with Gasteiger partial charge in [-0.15, -0.1) is 0 Å². The average Bonchev–Trinajstić information content (AvgIpc) is 2.12. The van der Waals surface area contributed by atoms with Crippen molar-refractivity contribution in [3.05, 3.63) is 12.7 Å². The highest BCUT2D eigenvalue weighted by atomic mass is 31.2. The predicted molar refractivity (Wildman–Crippen MR) is 54.6 cm³/mol. The maximum atomic E-state index is 8.55. The van der Waals surface area contributed by atoms with Gasteiger partial charge in [-0.25, -0.2) is 0 Å². The fourth-order valence-corrected chi connectivity index (χ4v) is 1.33. The van der Waals surface area contributed by atoms with Crippen molar-refractivity contribution in [1.29, 1.82) is 0 Å². The van der Waals surface area contributed by atoms with Gasteiger partial charge in [0.15, 0.2) is 0 Å². The molecule has 0 N–H and O–H groups in total. The van der Waals surface area contributed by atoms with E-state index in [1.54, 1.807) is 0 Å². The van der Waals surface area contributed by atoms with Gasteiger partial charge >= 0.3 is 0 Å². The van der Waals surface area contributed by atoms with Gasteiger partial charge in [0, 0.05) is 0 Å². The first-order chi connectivity index (χ1) is 6.74. The van der Waals surface area contributed by atoms with Crippen LogP contribution in [0.2, 0.25) is 0 Å². The SMILES string of the molecule is C=CC[N+](CC)(CC)CC.O=P([O-])([O-])[O-]. The lowest BCUT2D eigenvalue weighted by atomic mass is 10.3. The molecule has 5 nitrogen and oxygen atoms in total. The van der Waals surface area contributed by atoms with Gasteiger partial charge in [-0.1, -0.05) is 6.58 Å². The number of phosphoric acid groups is 1. The summed E-state index contributed by atoms with van der Waals surface area (Å²) in [6, 6.07) is 0. The normalized spacial score (nSPS) is 11.6. The van der Waals surface area contributed by atoms with Gasteiger partial charge in [-0.3, -0.25) is 0 Å². The first-order valence-corrected chi connectivity index (χ1v) is 6.39. The van der Waals surface area contributed by atoms with Crippen LogP contribution in [0.1, 0.15) is 20.8 Å². The summed E-state index contributed by atoms with van der Waals surface area (Å²) in [7, 11) is -5.39. The highest BCUT2D eigenvalue weighted by molar-refractivity contribution is 7.40. The number of nitrogens with zero attached hydrogens (tertiary/aromatic N) is 1. The standard InChI is InChI=1S/C9H20N.H3O4P/c1-5-9-10(6-2,7-3)8-4;1-5(2,3)4/h5H,1,6-9H2,2-4H3;(H3,1,2,3,4)/q+1;/p-3. The Kier molecular flexibility index (Phi) is 9.20. The largest absolute Gasteiger partial charge is 0.822 e. The molecule has 0 amide bonds. The molecule has 0 rings (SSSR count). The molecule has 0 aliphatic carbocycles. The van der Waals surface area contributed by atoms with Crippen LogP contribution in [0.5, 0.6) is 0 Å². The van der Waals surface area contributed by atoms with E-state index in [4.69, 9.17) is 19.2 Å². The Hall–Kier alpha value is -0.190. The monoisotopic (exact) mass is 237 g/mol. The van der Waals surface area contributed by atoms with Gasteiger partial charge in [0.1, 0.15) is 0 Å². The molecule has 0 aromatic heterocycles. The maximum absolute atomic E-state index is 8.55. The second kappa shape index (κ2) is 8.02. The zero-order valence-electron chi connectivity index (χ0n) is 9.64. The van der Waals surface area contributed by atoms with Crippen molar-refractivity contribution in [3.63, 3.8) is 0 Å². The Bertz CT molecular complexity index is 194. The van der Waals surface area contributed by atoms with Gasteiger partial charge in [-0.2, -0.15) is 7.82 Å². The number of hydrogen-bond donors (Lipinski definition) is 0. The molecule has 0 atom stereocenters. The quantitative estimate of drug-likeness (QED) is 0.357. The molecular formula is C9H20NO4P-2. The lowest BCUT2D eigenvalue weighted by Gasteiger charge is -2.36. The van der Waals surface area contributed by atoms with E-state index in [-0.39, 0.29) is 0 Å². The number of rotatable bonds is 5. The van der Waals surface area contributed by atoms with Crippen molar-refractivity contribution in [2.24, 2.45) is 0 Å². The van der Waals surface area contributed by atoms with E-state index < -0.39 is 7.82 Å². The minimum absolute atomic E-state index is 1.11. The maximum Gasteiger partial charge on any atom is 0.0970 e. The Labute approximate surface area is 91.9 Å². The molecule has 6 heteroatoms. The molecule has 92 valence electrons. The second-order valence-corrected chi connectivity index (χ2v) is 4.10. The van der Waals surface area contributed by atoms with Gasteiger partial charge < -0.3 is 23.7 Å². The number of likely N-dealkylation sites (N-methyl/N-ethyl adjacent to an activating group) is 1. The van der Waals surface area contributed by atoms with Crippen LogP contribution in [0.25, 0.3) is 0 Å². The summed E-state index contributed by atoms with van der Waals surface area (Å²) in [5.74, 6) is 0. The summed E-state index contributed by atoms with van der Waals surface area (Å²) >= 11 is 0. The van der Waals surface area contributed by atoms with E-state index >= 15 is 0 Å². The minimum atomic E-state index is -5.39. The van der Waals surface area contributed by atoms with E-state index in [0.717, 1.165) is 6.54 Å². The molecule has 0 fully saturated rings. The molecule has 0 aliphatic rings. The second-order valence-electron chi connectivity index (χ2n) is 3.21. The van der Waals surface area contributed by atoms with Crippen LogP contribution in [0.15, 0.2) is 12.7 Å². The van der Waals surface area contributed by atoms with E-state index in [0.29, 0.717) is 0 Å². The summed E-state index contributed by atoms with van der Waals surface area (Å²) < 4.78 is 9.73. The van der Waals surface area contributed by atoms with Crippen LogP contribution in [0, 0.1) is 0 Å². The third-order valence-corrected chi connectivity index (χ3v) is 2.53. The molecule has 0 aromatic rings. The molecule has 0 saturated carbocycles. The lowest BCUT2D eigenvalue weighted by Crippen LogP contribution is -2.47.